The molecule has 2 aromatic heterocycles. The van der Waals surface area contributed by atoms with E-state index in [2.05, 4.69) is 4.99 Å². The van der Waals surface area contributed by atoms with Crippen LogP contribution in [0.5, 0.6) is 0 Å². The first-order valence-corrected chi connectivity index (χ1v) is 11.0. The fourth-order valence-corrected chi connectivity index (χ4v) is 4.56. The lowest BCUT2D eigenvalue weighted by atomic mass is 9.95. The van der Waals surface area contributed by atoms with Crippen LogP contribution in [0.2, 0.25) is 5.02 Å². The van der Waals surface area contributed by atoms with E-state index in [4.69, 9.17) is 20.8 Å². The van der Waals surface area contributed by atoms with Crippen LogP contribution in [0.3, 0.4) is 0 Å². The number of carbonyl (C=O) groups is 1. The molecule has 14 heteroatoms. The Morgan fingerprint density at radius 3 is 2.57 bits per heavy atom. The number of aromatic nitrogens is 1. The summed E-state index contributed by atoms with van der Waals surface area (Å²) in [5.41, 5.74) is -2.96. The van der Waals surface area contributed by atoms with Crippen LogP contribution in [-0.4, -0.2) is 28.2 Å². The Morgan fingerprint density at radius 2 is 2.00 bits per heavy atom. The van der Waals surface area contributed by atoms with Crippen LogP contribution < -0.4 is 14.9 Å². The number of allylic oxidation sites excluding steroid dienone is 1. The minimum atomic E-state index is -5.04. The second-order valence-electron chi connectivity index (χ2n) is 7.05. The van der Waals surface area contributed by atoms with Crippen LogP contribution in [-0.2, 0) is 9.53 Å². The second-order valence-corrected chi connectivity index (χ2v) is 8.49. The summed E-state index contributed by atoms with van der Waals surface area (Å²) in [7, 11) is 0. The van der Waals surface area contributed by atoms with Gasteiger partial charge in [-0.2, -0.15) is 13.2 Å². The van der Waals surface area contributed by atoms with E-state index in [1.807, 2.05) is 0 Å². The van der Waals surface area contributed by atoms with Crippen LogP contribution in [0.15, 0.2) is 61.9 Å². The summed E-state index contributed by atoms with van der Waals surface area (Å²) in [6.07, 6.45) is -3.89. The van der Waals surface area contributed by atoms with Gasteiger partial charge in [-0.3, -0.25) is 19.5 Å². The number of nitro groups is 1. The number of ether oxygens (including phenoxy) is 1. The van der Waals surface area contributed by atoms with Crippen molar-refractivity contribution in [3.8, 4) is 0 Å². The Kier molecular flexibility index (Phi) is 6.38. The first-order chi connectivity index (χ1) is 16.5. The summed E-state index contributed by atoms with van der Waals surface area (Å²) in [4.78, 5) is 39.4. The molecule has 0 saturated heterocycles. The molecule has 35 heavy (non-hydrogen) atoms. The largest absolute Gasteiger partial charge is 0.463 e. The summed E-state index contributed by atoms with van der Waals surface area (Å²) in [6, 6.07) is 6.37. The molecule has 1 aliphatic rings. The second kappa shape index (κ2) is 9.15. The summed E-state index contributed by atoms with van der Waals surface area (Å²) in [6.45, 7) is 1.23. The molecule has 0 radical (unpaired) electrons. The van der Waals surface area contributed by atoms with Gasteiger partial charge in [0.15, 0.2) is 10.5 Å². The van der Waals surface area contributed by atoms with E-state index in [1.165, 1.54) is 37.3 Å². The molecule has 0 amide bonds. The first kappa shape index (κ1) is 24.4. The van der Waals surface area contributed by atoms with E-state index < -0.39 is 45.8 Å². The maximum Gasteiger partial charge on any atom is 0.434 e. The molecule has 0 aliphatic carbocycles. The van der Waals surface area contributed by atoms with Crippen molar-refractivity contribution < 1.29 is 32.0 Å². The fourth-order valence-electron chi connectivity index (χ4n) is 3.45. The topological polar surface area (TPSA) is 117 Å². The zero-order chi connectivity index (χ0) is 25.5. The van der Waals surface area contributed by atoms with Crippen molar-refractivity contribution in [2.75, 3.05) is 6.61 Å². The SMILES string of the molecule is CCOC(=O)C1=C(C(F)(F)F)N=c2s/c(=C\c3ccc([N+](=O)[O-])o3)c(=O)n2[C@@H]1c1ccc(Cl)cc1. The highest BCUT2D eigenvalue weighted by Gasteiger charge is 2.45. The molecule has 3 heterocycles. The van der Waals surface area contributed by atoms with Gasteiger partial charge < -0.3 is 9.15 Å². The molecule has 0 fully saturated rings. The third-order valence-electron chi connectivity index (χ3n) is 4.85. The molecular weight excluding hydrogens is 515 g/mol. The van der Waals surface area contributed by atoms with E-state index in [0.29, 0.717) is 16.4 Å². The Balaban J connectivity index is 2.02. The van der Waals surface area contributed by atoms with E-state index in [9.17, 15) is 32.9 Å². The summed E-state index contributed by atoms with van der Waals surface area (Å²) < 4.78 is 52.8. The van der Waals surface area contributed by atoms with Crippen molar-refractivity contribution in [1.29, 1.82) is 0 Å². The molecule has 1 aromatic carbocycles. The molecule has 182 valence electrons. The smallest absolute Gasteiger partial charge is 0.434 e. The lowest BCUT2D eigenvalue weighted by Crippen LogP contribution is -2.41. The molecule has 0 spiro atoms. The van der Waals surface area contributed by atoms with Gasteiger partial charge in [0.2, 0.25) is 0 Å². The number of hydrogen-bond donors (Lipinski definition) is 0. The normalized spacial score (nSPS) is 16.1. The average Bonchev–Trinajstić information content (AvgIpc) is 3.38. The first-order valence-electron chi connectivity index (χ1n) is 9.81. The Bertz CT molecular complexity index is 1540. The molecule has 3 aromatic rings. The van der Waals surface area contributed by atoms with Crippen molar-refractivity contribution in [3.05, 3.63) is 93.8 Å². The lowest BCUT2D eigenvalue weighted by Gasteiger charge is -2.26. The van der Waals surface area contributed by atoms with Gasteiger partial charge in [0.25, 0.3) is 5.56 Å². The number of benzene rings is 1. The Morgan fingerprint density at radius 1 is 1.31 bits per heavy atom. The van der Waals surface area contributed by atoms with Crippen molar-refractivity contribution >= 4 is 40.9 Å². The number of nitrogens with zero attached hydrogens (tertiary/aromatic N) is 3. The van der Waals surface area contributed by atoms with Gasteiger partial charge in [-0.15, -0.1) is 0 Å². The zero-order valence-electron chi connectivity index (χ0n) is 17.5. The number of rotatable bonds is 5. The van der Waals surface area contributed by atoms with E-state index in [1.54, 1.807) is 0 Å². The number of thiazole rings is 1. The van der Waals surface area contributed by atoms with E-state index in [0.717, 1.165) is 16.7 Å². The van der Waals surface area contributed by atoms with Crippen LogP contribution in [0.25, 0.3) is 6.08 Å². The molecule has 4 rings (SSSR count). The van der Waals surface area contributed by atoms with E-state index in [-0.39, 0.29) is 27.3 Å². The maximum atomic E-state index is 14.0. The van der Waals surface area contributed by atoms with Gasteiger partial charge in [-0.1, -0.05) is 35.1 Å². The number of halogens is 4. The third kappa shape index (κ3) is 4.64. The molecular formula is C21H13ClF3N3O6S. The van der Waals surface area contributed by atoms with Crippen LogP contribution in [0, 0.1) is 10.1 Å². The van der Waals surface area contributed by atoms with Crippen molar-refractivity contribution in [2.24, 2.45) is 4.99 Å². The van der Waals surface area contributed by atoms with Crippen molar-refractivity contribution in [2.45, 2.75) is 19.1 Å². The van der Waals surface area contributed by atoms with Crippen LogP contribution in [0.4, 0.5) is 19.1 Å². The van der Waals surface area contributed by atoms with Crippen LogP contribution in [0.1, 0.15) is 24.3 Å². The molecule has 1 atom stereocenters. The Hall–Kier alpha value is -3.71. The summed E-state index contributed by atoms with van der Waals surface area (Å²) >= 11 is 6.53. The van der Waals surface area contributed by atoms with E-state index >= 15 is 0 Å². The predicted octanol–water partition coefficient (Wildman–Crippen LogP) is 3.50. The quantitative estimate of drug-likeness (QED) is 0.285. The molecule has 9 nitrogen and oxygen atoms in total. The molecule has 0 unspecified atom stereocenters. The van der Waals surface area contributed by atoms with Crippen molar-refractivity contribution in [1.82, 2.24) is 4.57 Å². The van der Waals surface area contributed by atoms with Gasteiger partial charge >= 0.3 is 18.0 Å². The highest BCUT2D eigenvalue weighted by molar-refractivity contribution is 7.07. The van der Waals surface area contributed by atoms with Gasteiger partial charge in [0.1, 0.15) is 10.7 Å². The number of hydrogen-bond acceptors (Lipinski definition) is 8. The monoisotopic (exact) mass is 527 g/mol. The summed E-state index contributed by atoms with van der Waals surface area (Å²) in [5, 5.41) is 11.1. The summed E-state index contributed by atoms with van der Waals surface area (Å²) in [5.74, 6) is -1.92. The number of alkyl halides is 3. The van der Waals surface area contributed by atoms with Gasteiger partial charge in [0, 0.05) is 11.1 Å². The van der Waals surface area contributed by atoms with Gasteiger partial charge in [-0.25, -0.2) is 9.79 Å². The number of fused-ring (bicyclic) bond motifs is 1. The predicted molar refractivity (Wildman–Crippen MR) is 118 cm³/mol. The molecule has 1 aliphatic heterocycles. The molecule has 0 saturated carbocycles. The minimum Gasteiger partial charge on any atom is -0.463 e. The van der Waals surface area contributed by atoms with Crippen LogP contribution >= 0.6 is 22.9 Å². The highest BCUT2D eigenvalue weighted by Crippen LogP contribution is 2.38. The highest BCUT2D eigenvalue weighted by atomic mass is 35.5. The average molecular weight is 528 g/mol. The third-order valence-corrected chi connectivity index (χ3v) is 6.08. The van der Waals surface area contributed by atoms with Crippen molar-refractivity contribution in [3.63, 3.8) is 0 Å². The minimum absolute atomic E-state index is 0.0642. The van der Waals surface area contributed by atoms with Gasteiger partial charge in [0.05, 0.1) is 28.8 Å². The Labute approximate surface area is 202 Å². The standard InChI is InChI=1S/C21H13ClF3N3O6S/c1-2-33-19(30)15-16(10-3-5-11(22)6-4-10)27-18(29)13(9-12-7-8-14(34-12)28(31)32)35-20(27)26-17(15)21(23,24)25/h3-9,16H,2H2,1H3/b13-9-/t16-/m1/s1. The molecule has 0 bridgehead atoms. The number of carbonyl (C=O) groups excluding carboxylic acids is 1. The van der Waals surface area contributed by atoms with Gasteiger partial charge in [-0.05, 0) is 30.7 Å². The number of esters is 1. The zero-order valence-corrected chi connectivity index (χ0v) is 19.1. The maximum absolute atomic E-state index is 14.0. The number of furan rings is 1. The molecule has 0 N–H and O–H groups in total. The fraction of sp³-hybridized carbons (Fsp3) is 0.190. The lowest BCUT2D eigenvalue weighted by molar-refractivity contribution is -0.402.